The Morgan fingerprint density at radius 1 is 0.377 bits per heavy atom. The van der Waals surface area contributed by atoms with Crippen molar-refractivity contribution in [3.63, 3.8) is 0 Å². The first-order valence-electron chi connectivity index (χ1n) is 18.4. The molecule has 0 atom stereocenters. The van der Waals surface area contributed by atoms with Gasteiger partial charge < -0.3 is 8.83 Å². The lowest BCUT2D eigenvalue weighted by molar-refractivity contribution is 0.660. The lowest BCUT2D eigenvalue weighted by Gasteiger charge is -2.23. The molecule has 0 unspecified atom stereocenters. The monoisotopic (exact) mass is 676 g/mol. The number of para-hydroxylation sites is 1. The van der Waals surface area contributed by atoms with E-state index in [9.17, 15) is 0 Å². The standard InChI is InChI=1S/C51H32O2/c1-51(2)41-21-11-9-15-32(41)33-24-23-31(26-42(33)51)46-34-16-5-7-18-36(34)47(37-19-8-6-17-35(37)46)40-28-45-48(38-20-10-12-22-43(38)52-45)49-39-25-29-13-3-4-14-30(29)27-44(39)53-50(40)49/h3-28H,1-2H3. The molecule has 0 aliphatic heterocycles. The summed E-state index contributed by atoms with van der Waals surface area (Å²) in [6, 6.07) is 57.4. The minimum absolute atomic E-state index is 0.0901. The van der Waals surface area contributed by atoms with Crippen molar-refractivity contribution in [2.75, 3.05) is 0 Å². The molecule has 248 valence electrons. The molecular weight excluding hydrogens is 645 g/mol. The van der Waals surface area contributed by atoms with E-state index < -0.39 is 0 Å². The Hall–Kier alpha value is -6.64. The number of furan rings is 2. The second-order valence-electron chi connectivity index (χ2n) is 15.2. The van der Waals surface area contributed by atoms with Crippen molar-refractivity contribution in [2.24, 2.45) is 0 Å². The maximum Gasteiger partial charge on any atom is 0.144 e. The maximum absolute atomic E-state index is 7.05. The average molecular weight is 677 g/mol. The van der Waals surface area contributed by atoms with Crippen molar-refractivity contribution in [3.8, 4) is 33.4 Å². The Labute approximate surface area is 305 Å². The van der Waals surface area contributed by atoms with Crippen LogP contribution in [0.3, 0.4) is 0 Å². The zero-order valence-electron chi connectivity index (χ0n) is 29.3. The normalized spacial score (nSPS) is 13.6. The third kappa shape index (κ3) is 3.82. The van der Waals surface area contributed by atoms with Crippen LogP contribution in [0.2, 0.25) is 0 Å². The van der Waals surface area contributed by atoms with Gasteiger partial charge in [0.2, 0.25) is 0 Å². The average Bonchev–Trinajstić information content (AvgIpc) is 3.83. The minimum atomic E-state index is -0.0901. The Morgan fingerprint density at radius 3 is 1.74 bits per heavy atom. The van der Waals surface area contributed by atoms with E-state index in [4.69, 9.17) is 8.83 Å². The molecule has 11 aromatic rings. The van der Waals surface area contributed by atoms with Gasteiger partial charge >= 0.3 is 0 Å². The molecule has 1 aliphatic carbocycles. The molecule has 2 aromatic heterocycles. The van der Waals surface area contributed by atoms with E-state index in [1.54, 1.807) is 0 Å². The zero-order chi connectivity index (χ0) is 35.0. The van der Waals surface area contributed by atoms with E-state index >= 15 is 0 Å². The molecule has 12 rings (SSSR count). The quantitative estimate of drug-likeness (QED) is 0.170. The molecule has 0 amide bonds. The second kappa shape index (κ2) is 10.2. The maximum atomic E-state index is 7.05. The van der Waals surface area contributed by atoms with Crippen molar-refractivity contribution in [1.82, 2.24) is 0 Å². The first kappa shape index (κ1) is 29.0. The highest BCUT2D eigenvalue weighted by Gasteiger charge is 2.35. The summed E-state index contributed by atoms with van der Waals surface area (Å²) >= 11 is 0. The van der Waals surface area contributed by atoms with Crippen LogP contribution in [-0.2, 0) is 5.41 Å². The molecule has 2 heteroatoms. The fraction of sp³-hybridized carbons (Fsp3) is 0.0588. The molecule has 0 bridgehead atoms. The summed E-state index contributed by atoms with van der Waals surface area (Å²) in [5, 5.41) is 11.6. The highest BCUT2D eigenvalue weighted by Crippen LogP contribution is 2.53. The molecule has 9 aromatic carbocycles. The smallest absolute Gasteiger partial charge is 0.144 e. The summed E-state index contributed by atoms with van der Waals surface area (Å²) in [6.07, 6.45) is 0. The van der Waals surface area contributed by atoms with Gasteiger partial charge in [-0.25, -0.2) is 0 Å². The van der Waals surface area contributed by atoms with Crippen LogP contribution in [0, 0.1) is 0 Å². The predicted molar refractivity (Wildman–Crippen MR) is 222 cm³/mol. The van der Waals surface area contributed by atoms with Crippen LogP contribution in [0.15, 0.2) is 167 Å². The van der Waals surface area contributed by atoms with Crippen molar-refractivity contribution in [2.45, 2.75) is 19.3 Å². The van der Waals surface area contributed by atoms with Gasteiger partial charge in [-0.1, -0.05) is 141 Å². The number of hydrogen-bond acceptors (Lipinski definition) is 2. The summed E-state index contributed by atoms with van der Waals surface area (Å²) in [4.78, 5) is 0. The topological polar surface area (TPSA) is 26.3 Å². The number of rotatable bonds is 2. The largest absolute Gasteiger partial charge is 0.456 e. The lowest BCUT2D eigenvalue weighted by atomic mass is 9.80. The molecule has 0 saturated heterocycles. The number of benzene rings is 9. The van der Waals surface area contributed by atoms with E-state index in [2.05, 4.69) is 166 Å². The van der Waals surface area contributed by atoms with Crippen molar-refractivity contribution >= 4 is 76.2 Å². The van der Waals surface area contributed by atoms with Crippen LogP contribution >= 0.6 is 0 Å². The molecule has 53 heavy (non-hydrogen) atoms. The molecular formula is C51H32O2. The van der Waals surface area contributed by atoms with Gasteiger partial charge in [0.25, 0.3) is 0 Å². The van der Waals surface area contributed by atoms with Crippen LogP contribution in [-0.4, -0.2) is 0 Å². The van der Waals surface area contributed by atoms with E-state index in [0.29, 0.717) is 0 Å². The van der Waals surface area contributed by atoms with Crippen LogP contribution in [0.5, 0.6) is 0 Å². The molecule has 1 aliphatic rings. The van der Waals surface area contributed by atoms with Gasteiger partial charge in [0.15, 0.2) is 0 Å². The molecule has 0 N–H and O–H groups in total. The van der Waals surface area contributed by atoms with Crippen LogP contribution < -0.4 is 0 Å². The first-order chi connectivity index (χ1) is 26.0. The Morgan fingerprint density at radius 2 is 0.981 bits per heavy atom. The molecule has 2 heterocycles. The Balaban J connectivity index is 1.21. The van der Waals surface area contributed by atoms with E-state index in [-0.39, 0.29) is 5.41 Å². The Bertz CT molecular complexity index is 3310. The summed E-state index contributed by atoms with van der Waals surface area (Å²) in [6.45, 7) is 4.72. The van der Waals surface area contributed by atoms with Gasteiger partial charge in [-0.05, 0) is 96.0 Å². The summed E-state index contributed by atoms with van der Waals surface area (Å²) in [7, 11) is 0. The molecule has 0 saturated carbocycles. The van der Waals surface area contributed by atoms with Gasteiger partial charge in [-0.2, -0.15) is 0 Å². The van der Waals surface area contributed by atoms with Gasteiger partial charge in [-0.3, -0.25) is 0 Å². The summed E-state index contributed by atoms with van der Waals surface area (Å²) in [5.74, 6) is 0. The van der Waals surface area contributed by atoms with Crippen LogP contribution in [0.1, 0.15) is 25.0 Å². The van der Waals surface area contributed by atoms with Crippen LogP contribution in [0.4, 0.5) is 0 Å². The van der Waals surface area contributed by atoms with Crippen molar-refractivity contribution in [1.29, 1.82) is 0 Å². The minimum Gasteiger partial charge on any atom is -0.456 e. The molecule has 0 spiro atoms. The number of fused-ring (bicyclic) bond motifs is 13. The summed E-state index contributed by atoms with van der Waals surface area (Å²) < 4.78 is 13.7. The SMILES string of the molecule is CC1(C)c2ccccc2-c2ccc(-c3c4ccccc4c(-c4cc5oc6ccccc6c5c5c4oc4cc6ccccc6cc45)c4ccccc34)cc21. The first-order valence-corrected chi connectivity index (χ1v) is 18.4. The predicted octanol–water partition coefficient (Wildman–Crippen LogP) is 14.6. The van der Waals surface area contributed by atoms with E-state index in [1.165, 1.54) is 60.3 Å². The summed E-state index contributed by atoms with van der Waals surface area (Å²) in [5.41, 5.74) is 13.5. The van der Waals surface area contributed by atoms with E-state index in [1.807, 2.05) is 6.07 Å². The highest BCUT2D eigenvalue weighted by molar-refractivity contribution is 6.32. The van der Waals surface area contributed by atoms with Crippen molar-refractivity contribution in [3.05, 3.63) is 169 Å². The van der Waals surface area contributed by atoms with Gasteiger partial charge in [0.1, 0.15) is 22.3 Å². The van der Waals surface area contributed by atoms with Gasteiger partial charge in [0.05, 0.1) is 0 Å². The number of hydrogen-bond donors (Lipinski definition) is 0. The van der Waals surface area contributed by atoms with E-state index in [0.717, 1.165) is 60.4 Å². The zero-order valence-corrected chi connectivity index (χ0v) is 29.3. The fourth-order valence-electron chi connectivity index (χ4n) is 9.62. The Kier molecular flexibility index (Phi) is 5.60. The third-order valence-electron chi connectivity index (χ3n) is 12.0. The highest BCUT2D eigenvalue weighted by atomic mass is 16.3. The third-order valence-corrected chi connectivity index (χ3v) is 12.0. The molecule has 0 fully saturated rings. The molecule has 0 radical (unpaired) electrons. The fourth-order valence-corrected chi connectivity index (χ4v) is 9.62. The van der Waals surface area contributed by atoms with Crippen molar-refractivity contribution < 1.29 is 8.83 Å². The van der Waals surface area contributed by atoms with Gasteiger partial charge in [0, 0.05) is 38.1 Å². The molecule has 2 nitrogen and oxygen atoms in total. The van der Waals surface area contributed by atoms with Gasteiger partial charge in [-0.15, -0.1) is 0 Å². The lowest BCUT2D eigenvalue weighted by Crippen LogP contribution is -2.14. The van der Waals surface area contributed by atoms with Crippen LogP contribution in [0.25, 0.3) is 110 Å². The second-order valence-corrected chi connectivity index (χ2v) is 15.2.